The summed E-state index contributed by atoms with van der Waals surface area (Å²) < 4.78 is 28.2. The van der Waals surface area contributed by atoms with Crippen LogP contribution in [0.5, 0.6) is 0 Å². The number of nitrogens with one attached hydrogen (secondary N) is 1. The second-order valence-corrected chi connectivity index (χ2v) is 8.96. The Morgan fingerprint density at radius 2 is 1.85 bits per heavy atom. The molecule has 0 spiro atoms. The summed E-state index contributed by atoms with van der Waals surface area (Å²) in [7, 11) is -3.87. The van der Waals surface area contributed by atoms with Crippen molar-refractivity contribution in [3.63, 3.8) is 0 Å². The van der Waals surface area contributed by atoms with Gasteiger partial charge in [0.25, 0.3) is 10.0 Å². The molecule has 0 fully saturated rings. The third-order valence-corrected chi connectivity index (χ3v) is 6.29. The van der Waals surface area contributed by atoms with Crippen molar-refractivity contribution in [1.82, 2.24) is 5.32 Å². The molecule has 0 heterocycles. The summed E-state index contributed by atoms with van der Waals surface area (Å²) in [5.41, 5.74) is 1.40. The summed E-state index contributed by atoms with van der Waals surface area (Å²) in [6, 6.07) is 13.5. The van der Waals surface area contributed by atoms with Gasteiger partial charge in [0, 0.05) is 10.5 Å². The topological polar surface area (TPSA) is 66.5 Å². The first-order valence-corrected chi connectivity index (χ1v) is 10.6. The summed E-state index contributed by atoms with van der Waals surface area (Å²) in [4.78, 5) is 12.5. The average Bonchev–Trinajstić information content (AvgIpc) is 2.59. The molecule has 2 rings (SSSR count). The summed E-state index contributed by atoms with van der Waals surface area (Å²) in [6.45, 7) is 5.45. The van der Waals surface area contributed by atoms with Crippen molar-refractivity contribution in [1.29, 1.82) is 0 Å². The number of aryl methyl sites for hydroxylation is 1. The molecular formula is C19H23BrN2O3S. The Morgan fingerprint density at radius 3 is 2.42 bits per heavy atom. The Morgan fingerprint density at radius 1 is 1.19 bits per heavy atom. The zero-order chi connectivity index (χ0) is 19.3. The fourth-order valence-corrected chi connectivity index (χ4v) is 4.14. The average molecular weight is 439 g/mol. The van der Waals surface area contributed by atoms with Crippen LogP contribution in [0.3, 0.4) is 0 Å². The van der Waals surface area contributed by atoms with E-state index in [2.05, 4.69) is 21.2 Å². The molecule has 1 atom stereocenters. The molecule has 0 saturated heterocycles. The van der Waals surface area contributed by atoms with Crippen molar-refractivity contribution >= 4 is 37.5 Å². The Bertz CT molecular complexity index is 867. The van der Waals surface area contributed by atoms with E-state index in [1.54, 1.807) is 48.5 Å². The molecule has 1 N–H and O–H groups in total. The van der Waals surface area contributed by atoms with Crippen LogP contribution in [0.25, 0.3) is 0 Å². The second-order valence-electron chi connectivity index (χ2n) is 6.18. The van der Waals surface area contributed by atoms with Crippen molar-refractivity contribution in [2.75, 3.05) is 10.8 Å². The van der Waals surface area contributed by atoms with Crippen LogP contribution >= 0.6 is 15.9 Å². The number of halogens is 1. The molecule has 0 radical (unpaired) electrons. The highest BCUT2D eigenvalue weighted by atomic mass is 79.9. The SMILES string of the molecule is CCC(C)NC(=O)CN(c1cccc(Br)c1)S(=O)(=O)c1ccc(C)cc1. The molecule has 1 unspecified atom stereocenters. The molecule has 0 aliphatic carbocycles. The van der Waals surface area contributed by atoms with E-state index in [1.165, 1.54) is 0 Å². The molecule has 26 heavy (non-hydrogen) atoms. The number of hydrogen-bond acceptors (Lipinski definition) is 3. The molecule has 0 aliphatic rings. The van der Waals surface area contributed by atoms with Gasteiger partial charge in [-0.1, -0.05) is 46.6 Å². The summed E-state index contributed by atoms with van der Waals surface area (Å²) in [6.07, 6.45) is 0.771. The lowest BCUT2D eigenvalue weighted by atomic mass is 10.2. The number of sulfonamides is 1. The van der Waals surface area contributed by atoms with Crippen LogP contribution in [0.2, 0.25) is 0 Å². The van der Waals surface area contributed by atoms with Gasteiger partial charge in [0.2, 0.25) is 5.91 Å². The molecular weight excluding hydrogens is 416 g/mol. The minimum absolute atomic E-state index is 0.0195. The Balaban J connectivity index is 2.42. The van der Waals surface area contributed by atoms with Gasteiger partial charge in [-0.15, -0.1) is 0 Å². The molecule has 2 aromatic rings. The van der Waals surface area contributed by atoms with Crippen LogP contribution in [-0.4, -0.2) is 26.9 Å². The van der Waals surface area contributed by atoms with Gasteiger partial charge in [-0.05, 0) is 50.6 Å². The number of benzene rings is 2. The second kappa shape index (κ2) is 8.68. The first kappa shape index (κ1) is 20.5. The van der Waals surface area contributed by atoms with Gasteiger partial charge in [-0.2, -0.15) is 0 Å². The van der Waals surface area contributed by atoms with E-state index in [-0.39, 0.29) is 23.4 Å². The monoisotopic (exact) mass is 438 g/mol. The fraction of sp³-hybridized carbons (Fsp3) is 0.316. The predicted octanol–water partition coefficient (Wildman–Crippen LogP) is 3.87. The number of hydrogen-bond donors (Lipinski definition) is 1. The molecule has 0 saturated carbocycles. The molecule has 0 bridgehead atoms. The van der Waals surface area contributed by atoms with Gasteiger partial charge in [0.1, 0.15) is 6.54 Å². The van der Waals surface area contributed by atoms with Crippen LogP contribution in [0.15, 0.2) is 57.9 Å². The first-order valence-electron chi connectivity index (χ1n) is 8.38. The van der Waals surface area contributed by atoms with Gasteiger partial charge in [0.05, 0.1) is 10.6 Å². The predicted molar refractivity (Wildman–Crippen MR) is 108 cm³/mol. The van der Waals surface area contributed by atoms with E-state index in [0.29, 0.717) is 5.69 Å². The third kappa shape index (κ3) is 5.08. The lowest BCUT2D eigenvalue weighted by Gasteiger charge is -2.25. The maximum atomic E-state index is 13.2. The van der Waals surface area contributed by atoms with Crippen molar-refractivity contribution in [2.24, 2.45) is 0 Å². The van der Waals surface area contributed by atoms with Gasteiger partial charge in [-0.25, -0.2) is 8.42 Å². The minimum Gasteiger partial charge on any atom is -0.352 e. The van der Waals surface area contributed by atoms with Gasteiger partial charge >= 0.3 is 0 Å². The third-order valence-electron chi connectivity index (χ3n) is 4.01. The molecule has 140 valence electrons. The lowest BCUT2D eigenvalue weighted by molar-refractivity contribution is -0.120. The molecule has 0 aliphatic heterocycles. The smallest absolute Gasteiger partial charge is 0.264 e. The number of anilines is 1. The minimum atomic E-state index is -3.87. The molecule has 2 aromatic carbocycles. The zero-order valence-corrected chi connectivity index (χ0v) is 17.5. The number of carbonyl (C=O) groups excluding carboxylic acids is 1. The number of amides is 1. The van der Waals surface area contributed by atoms with Crippen molar-refractivity contribution < 1.29 is 13.2 Å². The lowest BCUT2D eigenvalue weighted by Crippen LogP contribution is -2.43. The standard InChI is InChI=1S/C19H23BrN2O3S/c1-4-15(3)21-19(23)13-22(17-7-5-6-16(20)12-17)26(24,25)18-10-8-14(2)9-11-18/h5-12,15H,4,13H2,1-3H3,(H,21,23). The zero-order valence-electron chi connectivity index (χ0n) is 15.1. The highest BCUT2D eigenvalue weighted by molar-refractivity contribution is 9.10. The van der Waals surface area contributed by atoms with Gasteiger partial charge in [0.15, 0.2) is 0 Å². The van der Waals surface area contributed by atoms with Crippen LogP contribution in [0.1, 0.15) is 25.8 Å². The van der Waals surface area contributed by atoms with E-state index in [0.717, 1.165) is 20.8 Å². The largest absolute Gasteiger partial charge is 0.352 e. The van der Waals surface area contributed by atoms with Crippen molar-refractivity contribution in [2.45, 2.75) is 38.1 Å². The summed E-state index contributed by atoms with van der Waals surface area (Å²) in [5.74, 6) is -0.338. The van der Waals surface area contributed by atoms with Gasteiger partial charge in [-0.3, -0.25) is 9.10 Å². The first-order chi connectivity index (χ1) is 12.2. The van der Waals surface area contributed by atoms with Crippen LogP contribution in [0.4, 0.5) is 5.69 Å². The van der Waals surface area contributed by atoms with E-state index in [4.69, 9.17) is 0 Å². The van der Waals surface area contributed by atoms with E-state index < -0.39 is 10.0 Å². The van der Waals surface area contributed by atoms with E-state index in [9.17, 15) is 13.2 Å². The number of rotatable bonds is 7. The van der Waals surface area contributed by atoms with Crippen molar-refractivity contribution in [3.8, 4) is 0 Å². The highest BCUT2D eigenvalue weighted by Crippen LogP contribution is 2.26. The number of nitrogens with zero attached hydrogens (tertiary/aromatic N) is 1. The molecule has 7 heteroatoms. The Labute approximate surface area is 163 Å². The maximum absolute atomic E-state index is 13.2. The Kier molecular flexibility index (Phi) is 6.83. The van der Waals surface area contributed by atoms with E-state index in [1.807, 2.05) is 20.8 Å². The summed E-state index contributed by atoms with van der Waals surface area (Å²) in [5, 5.41) is 2.82. The molecule has 0 aromatic heterocycles. The van der Waals surface area contributed by atoms with Gasteiger partial charge < -0.3 is 5.32 Å². The quantitative estimate of drug-likeness (QED) is 0.713. The normalized spacial score (nSPS) is 12.5. The van der Waals surface area contributed by atoms with Crippen LogP contribution in [-0.2, 0) is 14.8 Å². The molecule has 5 nitrogen and oxygen atoms in total. The van der Waals surface area contributed by atoms with Crippen LogP contribution in [0, 0.1) is 6.92 Å². The van der Waals surface area contributed by atoms with E-state index >= 15 is 0 Å². The maximum Gasteiger partial charge on any atom is 0.264 e. The van der Waals surface area contributed by atoms with Crippen LogP contribution < -0.4 is 9.62 Å². The Hall–Kier alpha value is -1.86. The summed E-state index contributed by atoms with van der Waals surface area (Å²) >= 11 is 3.36. The fourth-order valence-electron chi connectivity index (χ4n) is 2.34. The highest BCUT2D eigenvalue weighted by Gasteiger charge is 2.27. The number of carbonyl (C=O) groups is 1. The van der Waals surface area contributed by atoms with Crippen molar-refractivity contribution in [3.05, 3.63) is 58.6 Å². The molecule has 1 amide bonds.